The van der Waals surface area contributed by atoms with Crippen LogP contribution in [0.5, 0.6) is 0 Å². The van der Waals surface area contributed by atoms with Gasteiger partial charge in [0, 0.05) is 12.1 Å². The third-order valence-corrected chi connectivity index (χ3v) is 4.08. The number of amides is 1. The Labute approximate surface area is 144 Å². The van der Waals surface area contributed by atoms with Crippen LogP contribution in [0.3, 0.4) is 0 Å². The fraction of sp³-hybridized carbons (Fsp3) is 0.167. The molecule has 122 valence electrons. The van der Waals surface area contributed by atoms with Crippen LogP contribution < -0.4 is 5.32 Å². The molecular formula is C18H15ClN2O3. The molecule has 0 aliphatic carbocycles. The number of carboxylic acid groups (broad SMARTS) is 1. The molecule has 0 heterocycles. The molecule has 2 rings (SSSR count). The summed E-state index contributed by atoms with van der Waals surface area (Å²) >= 11 is 5.92. The molecule has 24 heavy (non-hydrogen) atoms. The number of carbonyl (C=O) groups is 2. The minimum Gasteiger partial charge on any atom is -0.481 e. The topological polar surface area (TPSA) is 90.2 Å². The van der Waals surface area contributed by atoms with Crippen molar-refractivity contribution in [1.29, 1.82) is 5.26 Å². The first-order valence-corrected chi connectivity index (χ1v) is 7.53. The SMILES string of the molecule is CC(CC(=O)Nc1ccc(C#N)c(Cl)c1)(C(=O)O)c1ccccc1. The summed E-state index contributed by atoms with van der Waals surface area (Å²) in [7, 11) is 0. The summed E-state index contributed by atoms with van der Waals surface area (Å²) in [6, 6.07) is 15.0. The van der Waals surface area contributed by atoms with Crippen molar-refractivity contribution >= 4 is 29.2 Å². The van der Waals surface area contributed by atoms with Crippen LogP contribution >= 0.6 is 11.6 Å². The molecule has 2 aromatic rings. The van der Waals surface area contributed by atoms with E-state index in [1.165, 1.54) is 19.1 Å². The number of hydrogen-bond acceptors (Lipinski definition) is 3. The van der Waals surface area contributed by atoms with Crippen molar-refractivity contribution in [3.05, 3.63) is 64.7 Å². The monoisotopic (exact) mass is 342 g/mol. The summed E-state index contributed by atoms with van der Waals surface area (Å²) in [6.07, 6.45) is -0.232. The molecule has 0 aliphatic rings. The molecule has 1 atom stereocenters. The van der Waals surface area contributed by atoms with E-state index in [-0.39, 0.29) is 11.4 Å². The van der Waals surface area contributed by atoms with Gasteiger partial charge in [-0.05, 0) is 30.7 Å². The highest BCUT2D eigenvalue weighted by Crippen LogP contribution is 2.29. The highest BCUT2D eigenvalue weighted by atomic mass is 35.5. The third kappa shape index (κ3) is 3.73. The number of halogens is 1. The van der Waals surface area contributed by atoms with Gasteiger partial charge in [-0.3, -0.25) is 9.59 Å². The molecule has 5 nitrogen and oxygen atoms in total. The first kappa shape index (κ1) is 17.5. The highest BCUT2D eigenvalue weighted by Gasteiger charge is 2.37. The molecule has 0 saturated heterocycles. The zero-order valence-corrected chi connectivity index (χ0v) is 13.7. The average Bonchev–Trinajstić information content (AvgIpc) is 2.55. The van der Waals surface area contributed by atoms with Crippen LogP contribution in [0, 0.1) is 11.3 Å². The Bertz CT molecular complexity index is 815. The van der Waals surface area contributed by atoms with Gasteiger partial charge in [0.2, 0.25) is 5.91 Å². The van der Waals surface area contributed by atoms with Gasteiger partial charge >= 0.3 is 5.97 Å². The van der Waals surface area contributed by atoms with Gasteiger partial charge in [-0.1, -0.05) is 41.9 Å². The molecule has 0 aromatic heterocycles. The lowest BCUT2D eigenvalue weighted by Gasteiger charge is -2.24. The van der Waals surface area contributed by atoms with Crippen molar-refractivity contribution in [1.82, 2.24) is 0 Å². The number of aliphatic carboxylic acids is 1. The number of carboxylic acids is 1. The molecule has 0 spiro atoms. The first-order valence-electron chi connectivity index (χ1n) is 7.15. The number of rotatable bonds is 5. The Morgan fingerprint density at radius 2 is 1.92 bits per heavy atom. The Kier molecular flexibility index (Phi) is 5.22. The van der Waals surface area contributed by atoms with Crippen molar-refractivity contribution in [2.45, 2.75) is 18.8 Å². The van der Waals surface area contributed by atoms with Crippen molar-refractivity contribution in [3.8, 4) is 6.07 Å². The standard InChI is InChI=1S/C18H15ClN2O3/c1-18(17(23)24,13-5-3-2-4-6-13)10-16(22)21-14-8-7-12(11-20)15(19)9-14/h2-9H,10H2,1H3,(H,21,22)(H,23,24). The number of anilines is 1. The van der Waals surface area contributed by atoms with Crippen LogP contribution in [0.25, 0.3) is 0 Å². The zero-order chi connectivity index (χ0) is 17.7. The molecular weight excluding hydrogens is 328 g/mol. The minimum absolute atomic E-state index is 0.222. The van der Waals surface area contributed by atoms with Gasteiger partial charge in [-0.15, -0.1) is 0 Å². The minimum atomic E-state index is -1.35. The smallest absolute Gasteiger partial charge is 0.314 e. The van der Waals surface area contributed by atoms with Gasteiger partial charge in [-0.2, -0.15) is 5.26 Å². The largest absolute Gasteiger partial charge is 0.481 e. The van der Waals surface area contributed by atoms with Gasteiger partial charge in [0.15, 0.2) is 0 Å². The number of nitrogens with zero attached hydrogens (tertiary/aromatic N) is 1. The molecule has 6 heteroatoms. The lowest BCUT2D eigenvalue weighted by Crippen LogP contribution is -2.36. The van der Waals surface area contributed by atoms with Crippen LogP contribution in [-0.4, -0.2) is 17.0 Å². The maximum Gasteiger partial charge on any atom is 0.314 e. The van der Waals surface area contributed by atoms with Gasteiger partial charge < -0.3 is 10.4 Å². The summed E-state index contributed by atoms with van der Waals surface area (Å²) in [4.78, 5) is 24.0. The van der Waals surface area contributed by atoms with Gasteiger partial charge in [0.1, 0.15) is 6.07 Å². The molecule has 0 radical (unpaired) electrons. The average molecular weight is 343 g/mol. The first-order chi connectivity index (χ1) is 11.4. The van der Waals surface area contributed by atoms with Gasteiger partial charge in [-0.25, -0.2) is 0 Å². The van der Waals surface area contributed by atoms with Crippen LogP contribution in [0.4, 0.5) is 5.69 Å². The van der Waals surface area contributed by atoms with E-state index < -0.39 is 17.3 Å². The van der Waals surface area contributed by atoms with Crippen molar-refractivity contribution in [2.24, 2.45) is 0 Å². The third-order valence-electron chi connectivity index (χ3n) is 3.77. The van der Waals surface area contributed by atoms with Crippen LogP contribution in [0.1, 0.15) is 24.5 Å². The normalized spacial score (nSPS) is 12.7. The molecule has 0 saturated carbocycles. The number of carbonyl (C=O) groups excluding carboxylic acids is 1. The quantitative estimate of drug-likeness (QED) is 0.868. The van der Waals surface area contributed by atoms with E-state index in [1.807, 2.05) is 6.07 Å². The Morgan fingerprint density at radius 1 is 1.25 bits per heavy atom. The van der Waals surface area contributed by atoms with Crippen molar-refractivity contribution in [2.75, 3.05) is 5.32 Å². The molecule has 2 aromatic carbocycles. The Morgan fingerprint density at radius 3 is 2.46 bits per heavy atom. The molecule has 0 aliphatic heterocycles. The predicted molar refractivity (Wildman–Crippen MR) is 90.8 cm³/mol. The second-order valence-electron chi connectivity index (χ2n) is 5.53. The van der Waals surface area contributed by atoms with Gasteiger partial charge in [0.25, 0.3) is 0 Å². The van der Waals surface area contributed by atoms with Crippen LogP contribution in [-0.2, 0) is 15.0 Å². The second-order valence-corrected chi connectivity index (χ2v) is 5.94. The maximum absolute atomic E-state index is 12.3. The van der Waals surface area contributed by atoms with Crippen LogP contribution in [0.15, 0.2) is 48.5 Å². The lowest BCUT2D eigenvalue weighted by molar-refractivity contribution is -0.145. The summed E-state index contributed by atoms with van der Waals surface area (Å²) in [5.41, 5.74) is -0.0912. The van der Waals surface area contributed by atoms with Gasteiger partial charge in [0.05, 0.1) is 16.0 Å². The summed E-state index contributed by atoms with van der Waals surface area (Å²) < 4.78 is 0. The Hall–Kier alpha value is -2.84. The Balaban J connectivity index is 2.19. The number of benzene rings is 2. The maximum atomic E-state index is 12.3. The molecule has 1 amide bonds. The molecule has 0 fully saturated rings. The van der Waals surface area contributed by atoms with E-state index in [1.54, 1.807) is 36.4 Å². The summed E-state index contributed by atoms with van der Waals surface area (Å²) in [6.45, 7) is 1.51. The molecule has 2 N–H and O–H groups in total. The van der Waals surface area contributed by atoms with E-state index >= 15 is 0 Å². The number of nitriles is 1. The van der Waals surface area contributed by atoms with E-state index in [2.05, 4.69) is 5.32 Å². The van der Waals surface area contributed by atoms with E-state index in [4.69, 9.17) is 16.9 Å². The van der Waals surface area contributed by atoms with E-state index in [0.29, 0.717) is 16.8 Å². The van der Waals surface area contributed by atoms with Crippen molar-refractivity contribution in [3.63, 3.8) is 0 Å². The molecule has 1 unspecified atom stereocenters. The van der Waals surface area contributed by atoms with Crippen LogP contribution in [0.2, 0.25) is 5.02 Å². The highest BCUT2D eigenvalue weighted by molar-refractivity contribution is 6.32. The fourth-order valence-electron chi connectivity index (χ4n) is 2.32. The number of nitrogens with one attached hydrogen (secondary N) is 1. The lowest BCUT2D eigenvalue weighted by atomic mass is 9.79. The van der Waals surface area contributed by atoms with Crippen molar-refractivity contribution < 1.29 is 14.7 Å². The number of hydrogen-bond donors (Lipinski definition) is 2. The second kappa shape index (κ2) is 7.16. The molecule has 0 bridgehead atoms. The summed E-state index contributed by atoms with van der Waals surface area (Å²) in [5, 5.41) is 21.3. The van der Waals surface area contributed by atoms with E-state index in [9.17, 15) is 14.7 Å². The zero-order valence-electron chi connectivity index (χ0n) is 12.9. The van der Waals surface area contributed by atoms with E-state index in [0.717, 1.165) is 0 Å². The fourth-order valence-corrected chi connectivity index (χ4v) is 2.54. The summed E-state index contributed by atoms with van der Waals surface area (Å²) in [5.74, 6) is -1.54. The predicted octanol–water partition coefficient (Wildman–Crippen LogP) is 3.58.